The third-order valence-corrected chi connectivity index (χ3v) is 5.00. The van der Waals surface area contributed by atoms with Gasteiger partial charge in [0.05, 0.1) is 0 Å². The molecule has 0 aliphatic heterocycles. The lowest BCUT2D eigenvalue weighted by atomic mass is 9.95. The van der Waals surface area contributed by atoms with Gasteiger partial charge in [0.25, 0.3) is 0 Å². The van der Waals surface area contributed by atoms with Crippen molar-refractivity contribution >= 4 is 27.7 Å². The number of hydrogen-bond acceptors (Lipinski definition) is 2. The number of aryl methyl sites for hydroxylation is 1. The van der Waals surface area contributed by atoms with Crippen molar-refractivity contribution in [2.75, 3.05) is 6.54 Å². The highest BCUT2D eigenvalue weighted by Crippen LogP contribution is 2.61. The molecule has 106 valence electrons. The van der Waals surface area contributed by atoms with Gasteiger partial charge in [-0.05, 0) is 42.5 Å². The topological polar surface area (TPSA) is 72.2 Å². The normalized spacial score (nSPS) is 26.4. The second-order valence-corrected chi connectivity index (χ2v) is 6.64. The summed E-state index contributed by atoms with van der Waals surface area (Å²) in [5.74, 6) is -0.272. The first-order chi connectivity index (χ1) is 9.53. The van der Waals surface area contributed by atoms with E-state index in [2.05, 4.69) is 33.4 Å². The predicted octanol–water partition coefficient (Wildman–Crippen LogP) is 1.64. The van der Waals surface area contributed by atoms with Gasteiger partial charge in [0.1, 0.15) is 0 Å². The molecule has 1 aromatic rings. The Kier molecular flexibility index (Phi) is 3.32. The van der Waals surface area contributed by atoms with Gasteiger partial charge in [0.15, 0.2) is 0 Å². The molecular formula is C15H17BrN2O2. The molecule has 0 aromatic heterocycles. The smallest absolute Gasteiger partial charge is 0.224 e. The molecule has 3 N–H and O–H groups in total. The van der Waals surface area contributed by atoms with Gasteiger partial charge in [-0.3, -0.25) is 9.59 Å². The minimum absolute atomic E-state index is 0.0485. The van der Waals surface area contributed by atoms with E-state index in [1.807, 2.05) is 6.07 Å². The Balaban J connectivity index is 1.67. The fraction of sp³-hybridized carbons (Fsp3) is 0.467. The fourth-order valence-corrected chi connectivity index (χ4v) is 3.81. The van der Waals surface area contributed by atoms with Crippen molar-refractivity contribution in [1.29, 1.82) is 0 Å². The van der Waals surface area contributed by atoms with Crippen LogP contribution in [0.15, 0.2) is 22.7 Å². The lowest BCUT2D eigenvalue weighted by Gasteiger charge is -2.11. The number of benzene rings is 1. The Morgan fingerprint density at radius 1 is 1.45 bits per heavy atom. The van der Waals surface area contributed by atoms with E-state index in [4.69, 9.17) is 5.73 Å². The van der Waals surface area contributed by atoms with Gasteiger partial charge in [0.2, 0.25) is 11.8 Å². The van der Waals surface area contributed by atoms with Crippen LogP contribution in [-0.4, -0.2) is 18.4 Å². The van der Waals surface area contributed by atoms with E-state index in [0.717, 1.165) is 23.7 Å². The van der Waals surface area contributed by atoms with Gasteiger partial charge in [-0.25, -0.2) is 0 Å². The first-order valence-electron chi connectivity index (χ1n) is 6.88. The molecule has 2 aliphatic rings. The maximum atomic E-state index is 12.2. The molecule has 0 radical (unpaired) electrons. The summed E-state index contributed by atoms with van der Waals surface area (Å²) in [6, 6.07) is 6.35. The van der Waals surface area contributed by atoms with E-state index in [9.17, 15) is 9.59 Å². The number of carbonyl (C=O) groups is 2. The van der Waals surface area contributed by atoms with Crippen molar-refractivity contribution in [3.8, 4) is 0 Å². The van der Waals surface area contributed by atoms with Crippen LogP contribution < -0.4 is 11.1 Å². The number of amides is 2. The van der Waals surface area contributed by atoms with Crippen LogP contribution in [0.3, 0.4) is 0 Å². The molecule has 4 nitrogen and oxygen atoms in total. The van der Waals surface area contributed by atoms with Crippen molar-refractivity contribution in [2.45, 2.75) is 31.1 Å². The monoisotopic (exact) mass is 336 g/mol. The Labute approximate surface area is 126 Å². The van der Waals surface area contributed by atoms with E-state index in [1.54, 1.807) is 0 Å². The summed E-state index contributed by atoms with van der Waals surface area (Å²) < 4.78 is 1.09. The zero-order valence-electron chi connectivity index (χ0n) is 11.1. The zero-order chi connectivity index (χ0) is 14.3. The van der Waals surface area contributed by atoms with Crippen molar-refractivity contribution in [1.82, 2.24) is 5.32 Å². The minimum Gasteiger partial charge on any atom is -0.370 e. The van der Waals surface area contributed by atoms with Crippen LogP contribution >= 0.6 is 15.9 Å². The second-order valence-electron chi connectivity index (χ2n) is 5.72. The number of hydrogen-bond donors (Lipinski definition) is 2. The summed E-state index contributed by atoms with van der Waals surface area (Å²) in [5, 5.41) is 2.82. The van der Waals surface area contributed by atoms with Crippen molar-refractivity contribution in [3.05, 3.63) is 33.8 Å². The number of rotatable bonds is 4. The Morgan fingerprint density at radius 2 is 2.25 bits per heavy atom. The van der Waals surface area contributed by atoms with Gasteiger partial charge in [0, 0.05) is 28.8 Å². The Hall–Kier alpha value is -1.36. The highest BCUT2D eigenvalue weighted by molar-refractivity contribution is 9.10. The number of halogens is 1. The first kappa shape index (κ1) is 13.6. The Bertz CT molecular complexity index is 587. The van der Waals surface area contributed by atoms with E-state index in [-0.39, 0.29) is 29.6 Å². The lowest BCUT2D eigenvalue weighted by Crippen LogP contribution is -2.31. The number of nitrogens with two attached hydrogens (primary N) is 1. The number of carbonyl (C=O) groups excluding carboxylic acids is 2. The molecule has 0 bridgehead atoms. The number of fused-ring (bicyclic) bond motifs is 2. The summed E-state index contributed by atoms with van der Waals surface area (Å²) in [5.41, 5.74) is 7.80. The van der Waals surface area contributed by atoms with Gasteiger partial charge in [-0.1, -0.05) is 22.0 Å². The molecule has 1 aromatic carbocycles. The van der Waals surface area contributed by atoms with Gasteiger partial charge in [-0.15, -0.1) is 0 Å². The van der Waals surface area contributed by atoms with Crippen molar-refractivity contribution in [2.24, 2.45) is 11.7 Å². The van der Waals surface area contributed by atoms with E-state index in [0.29, 0.717) is 6.54 Å². The molecule has 2 aliphatic carbocycles. The van der Waals surface area contributed by atoms with Crippen LogP contribution in [0.4, 0.5) is 0 Å². The first-order valence-corrected chi connectivity index (χ1v) is 7.67. The van der Waals surface area contributed by atoms with Gasteiger partial charge < -0.3 is 11.1 Å². The highest BCUT2D eigenvalue weighted by Gasteiger charge is 2.61. The van der Waals surface area contributed by atoms with Gasteiger partial charge >= 0.3 is 0 Å². The molecule has 2 atom stereocenters. The second kappa shape index (κ2) is 4.88. The maximum Gasteiger partial charge on any atom is 0.224 e. The molecule has 20 heavy (non-hydrogen) atoms. The molecular weight excluding hydrogens is 320 g/mol. The van der Waals surface area contributed by atoms with Crippen LogP contribution in [0.5, 0.6) is 0 Å². The van der Waals surface area contributed by atoms with E-state index >= 15 is 0 Å². The van der Waals surface area contributed by atoms with Crippen LogP contribution in [-0.2, 0) is 21.4 Å². The molecule has 2 amide bonds. The van der Waals surface area contributed by atoms with Crippen LogP contribution in [0.2, 0.25) is 0 Å². The van der Waals surface area contributed by atoms with E-state index < -0.39 is 0 Å². The average Bonchev–Trinajstić information content (AvgIpc) is 3.01. The minimum atomic E-state index is -0.383. The van der Waals surface area contributed by atoms with Crippen LogP contribution in [0, 0.1) is 5.92 Å². The summed E-state index contributed by atoms with van der Waals surface area (Å²) >= 11 is 3.49. The molecule has 1 saturated carbocycles. The van der Waals surface area contributed by atoms with Gasteiger partial charge in [-0.2, -0.15) is 0 Å². The third kappa shape index (κ3) is 2.24. The molecule has 5 heteroatoms. The average molecular weight is 337 g/mol. The molecule has 1 fully saturated rings. The highest BCUT2D eigenvalue weighted by atomic mass is 79.9. The summed E-state index contributed by atoms with van der Waals surface area (Å²) in [6.07, 6.45) is 3.21. The zero-order valence-corrected chi connectivity index (χ0v) is 12.7. The molecule has 0 saturated heterocycles. The summed E-state index contributed by atoms with van der Waals surface area (Å²) in [6.45, 7) is 0.341. The third-order valence-electron chi connectivity index (χ3n) is 4.51. The largest absolute Gasteiger partial charge is 0.370 e. The lowest BCUT2D eigenvalue weighted by molar-refractivity contribution is -0.123. The summed E-state index contributed by atoms with van der Waals surface area (Å²) in [7, 11) is 0. The quantitative estimate of drug-likeness (QED) is 0.877. The van der Waals surface area contributed by atoms with Crippen molar-refractivity contribution < 1.29 is 9.59 Å². The van der Waals surface area contributed by atoms with Crippen LogP contribution in [0.25, 0.3) is 0 Å². The molecule has 0 heterocycles. The Morgan fingerprint density at radius 3 is 3.00 bits per heavy atom. The predicted molar refractivity (Wildman–Crippen MR) is 79.1 cm³/mol. The van der Waals surface area contributed by atoms with E-state index in [1.165, 1.54) is 11.1 Å². The molecule has 2 unspecified atom stereocenters. The standard InChI is InChI=1S/C15H17BrN2O2/c16-10-1-2-11-9(7-10)3-5-15(11)8-12(15)14(20)18-6-4-13(17)19/h1-2,7,12H,3-6,8H2,(H2,17,19)(H,18,20). The maximum absolute atomic E-state index is 12.2. The molecule has 1 spiro atoms. The number of nitrogens with one attached hydrogen (secondary N) is 1. The SMILES string of the molecule is NC(=O)CCNC(=O)C1CC12CCc1cc(Br)ccc12. The summed E-state index contributed by atoms with van der Waals surface area (Å²) in [4.78, 5) is 22.8. The van der Waals surface area contributed by atoms with Crippen molar-refractivity contribution in [3.63, 3.8) is 0 Å². The fourth-order valence-electron chi connectivity index (χ4n) is 3.40. The number of primary amides is 1. The van der Waals surface area contributed by atoms with Crippen LogP contribution in [0.1, 0.15) is 30.4 Å². The molecule has 3 rings (SSSR count).